The molecule has 0 aliphatic carbocycles. The van der Waals surface area contributed by atoms with Crippen LogP contribution >= 0.6 is 15.9 Å². The van der Waals surface area contributed by atoms with Crippen LogP contribution in [0.25, 0.3) is 0 Å². The number of benzene rings is 1. The first-order chi connectivity index (χ1) is 10.3. The summed E-state index contributed by atoms with van der Waals surface area (Å²) in [5.74, 6) is -1.37. The lowest BCUT2D eigenvalue weighted by Gasteiger charge is -2.38. The maximum absolute atomic E-state index is 14.0. The van der Waals surface area contributed by atoms with E-state index in [9.17, 15) is 14.0 Å². The minimum atomic E-state index is -0.775. The van der Waals surface area contributed by atoms with Gasteiger partial charge in [-0.05, 0) is 25.0 Å². The summed E-state index contributed by atoms with van der Waals surface area (Å²) in [5, 5.41) is 0. The molecular formula is C15H19BrFN3O2. The molecule has 2 rings (SSSR count). The summed E-state index contributed by atoms with van der Waals surface area (Å²) in [5.41, 5.74) is 5.73. The van der Waals surface area contributed by atoms with Crippen molar-refractivity contribution >= 4 is 33.4 Å². The largest absolute Gasteiger partial charge is 0.371 e. The summed E-state index contributed by atoms with van der Waals surface area (Å²) in [6.07, 6.45) is 1.53. The molecular weight excluding hydrogens is 353 g/mol. The molecule has 1 heterocycles. The molecule has 22 heavy (non-hydrogen) atoms. The van der Waals surface area contributed by atoms with Gasteiger partial charge in [0.2, 0.25) is 5.91 Å². The standard InChI is InChI=1S/C15H19BrFN3O2/c1-9(21)19(2)11-3-5-20(6-4-11)13-8-10(16)7-12(17)14(13)15(18)22/h7-8,11H,3-6H2,1-2H3,(H2,18,22). The highest BCUT2D eigenvalue weighted by atomic mass is 79.9. The zero-order chi connectivity index (χ0) is 16.4. The number of carbonyl (C=O) groups is 2. The summed E-state index contributed by atoms with van der Waals surface area (Å²) in [6, 6.07) is 3.11. The number of nitrogens with zero attached hydrogens (tertiary/aromatic N) is 2. The predicted octanol–water partition coefficient (Wildman–Crippen LogP) is 2.13. The molecule has 1 aromatic carbocycles. The molecule has 1 saturated heterocycles. The number of amides is 2. The second kappa shape index (κ2) is 6.64. The molecule has 7 heteroatoms. The van der Waals surface area contributed by atoms with Crippen LogP contribution in [-0.2, 0) is 4.79 Å². The predicted molar refractivity (Wildman–Crippen MR) is 86.3 cm³/mol. The van der Waals surface area contributed by atoms with E-state index in [1.807, 2.05) is 4.90 Å². The van der Waals surface area contributed by atoms with Crippen LogP contribution in [0.15, 0.2) is 16.6 Å². The van der Waals surface area contributed by atoms with E-state index < -0.39 is 11.7 Å². The molecule has 5 nitrogen and oxygen atoms in total. The van der Waals surface area contributed by atoms with Crippen LogP contribution in [0.4, 0.5) is 10.1 Å². The molecule has 2 amide bonds. The Kier molecular flexibility index (Phi) is 5.05. The van der Waals surface area contributed by atoms with Crippen LogP contribution in [0.5, 0.6) is 0 Å². The van der Waals surface area contributed by atoms with E-state index in [2.05, 4.69) is 15.9 Å². The van der Waals surface area contributed by atoms with Crippen molar-refractivity contribution in [1.29, 1.82) is 0 Å². The summed E-state index contributed by atoms with van der Waals surface area (Å²) in [4.78, 5) is 26.6. The van der Waals surface area contributed by atoms with Crippen molar-refractivity contribution in [2.75, 3.05) is 25.0 Å². The van der Waals surface area contributed by atoms with Crippen LogP contribution in [0.1, 0.15) is 30.1 Å². The zero-order valence-electron chi connectivity index (χ0n) is 12.6. The quantitative estimate of drug-likeness (QED) is 0.884. The van der Waals surface area contributed by atoms with E-state index in [1.54, 1.807) is 24.9 Å². The summed E-state index contributed by atoms with van der Waals surface area (Å²) >= 11 is 3.25. The third-order valence-electron chi connectivity index (χ3n) is 4.13. The van der Waals surface area contributed by atoms with Gasteiger partial charge >= 0.3 is 0 Å². The molecule has 120 valence electrons. The number of anilines is 1. The molecule has 1 aromatic rings. The molecule has 0 radical (unpaired) electrons. The van der Waals surface area contributed by atoms with E-state index >= 15 is 0 Å². The minimum absolute atomic E-state index is 0.0322. The Morgan fingerprint density at radius 3 is 2.45 bits per heavy atom. The van der Waals surface area contributed by atoms with Crippen molar-refractivity contribution in [3.05, 3.63) is 28.0 Å². The second-order valence-corrected chi connectivity index (χ2v) is 6.41. The van der Waals surface area contributed by atoms with Crippen LogP contribution < -0.4 is 10.6 Å². The Labute approximate surface area is 137 Å². The fraction of sp³-hybridized carbons (Fsp3) is 0.467. The highest BCUT2D eigenvalue weighted by molar-refractivity contribution is 9.10. The Morgan fingerprint density at radius 2 is 1.95 bits per heavy atom. The maximum atomic E-state index is 14.0. The zero-order valence-corrected chi connectivity index (χ0v) is 14.2. The lowest BCUT2D eigenvalue weighted by Crippen LogP contribution is -2.45. The van der Waals surface area contributed by atoms with Crippen LogP contribution in [0, 0.1) is 5.82 Å². The molecule has 1 fully saturated rings. The maximum Gasteiger partial charge on any atom is 0.253 e. The molecule has 0 saturated carbocycles. The second-order valence-electron chi connectivity index (χ2n) is 5.49. The number of nitrogens with two attached hydrogens (primary N) is 1. The Hall–Kier alpha value is -1.63. The van der Waals surface area contributed by atoms with Gasteiger partial charge in [0, 0.05) is 37.6 Å². The van der Waals surface area contributed by atoms with E-state index in [0.29, 0.717) is 23.2 Å². The number of piperidine rings is 1. The van der Waals surface area contributed by atoms with Gasteiger partial charge in [0.05, 0.1) is 11.3 Å². The Morgan fingerprint density at radius 1 is 1.36 bits per heavy atom. The van der Waals surface area contributed by atoms with Gasteiger partial charge in [0.15, 0.2) is 0 Å². The lowest BCUT2D eigenvalue weighted by molar-refractivity contribution is -0.129. The third kappa shape index (κ3) is 3.40. The number of hydrogen-bond donors (Lipinski definition) is 1. The van der Waals surface area contributed by atoms with Gasteiger partial charge in [-0.3, -0.25) is 9.59 Å². The highest BCUT2D eigenvalue weighted by Crippen LogP contribution is 2.30. The van der Waals surface area contributed by atoms with Gasteiger partial charge in [0.25, 0.3) is 5.91 Å². The SMILES string of the molecule is CC(=O)N(C)C1CCN(c2cc(Br)cc(F)c2C(N)=O)CC1. The Balaban J connectivity index is 2.21. The molecule has 2 N–H and O–H groups in total. The summed E-state index contributed by atoms with van der Waals surface area (Å²) in [6.45, 7) is 2.82. The number of carbonyl (C=O) groups excluding carboxylic acids is 2. The van der Waals surface area contributed by atoms with Gasteiger partial charge < -0.3 is 15.5 Å². The van der Waals surface area contributed by atoms with Crippen molar-refractivity contribution in [3.63, 3.8) is 0 Å². The lowest BCUT2D eigenvalue weighted by atomic mass is 10.0. The number of primary amides is 1. The first-order valence-corrected chi connectivity index (χ1v) is 7.87. The van der Waals surface area contributed by atoms with Crippen molar-refractivity contribution < 1.29 is 14.0 Å². The Bertz CT molecular complexity index is 601. The summed E-state index contributed by atoms with van der Waals surface area (Å²) < 4.78 is 14.6. The monoisotopic (exact) mass is 371 g/mol. The molecule has 1 aliphatic rings. The van der Waals surface area contributed by atoms with Crippen molar-refractivity contribution in [1.82, 2.24) is 4.90 Å². The fourth-order valence-electron chi connectivity index (χ4n) is 2.80. The molecule has 0 aromatic heterocycles. The number of hydrogen-bond acceptors (Lipinski definition) is 3. The van der Waals surface area contributed by atoms with Crippen LogP contribution in [0.2, 0.25) is 0 Å². The molecule has 0 spiro atoms. The van der Waals surface area contributed by atoms with Gasteiger partial charge in [-0.25, -0.2) is 4.39 Å². The van der Waals surface area contributed by atoms with Gasteiger partial charge in [-0.15, -0.1) is 0 Å². The van der Waals surface area contributed by atoms with Crippen molar-refractivity contribution in [2.45, 2.75) is 25.8 Å². The van der Waals surface area contributed by atoms with E-state index in [1.165, 1.54) is 6.07 Å². The van der Waals surface area contributed by atoms with Crippen molar-refractivity contribution in [2.24, 2.45) is 5.73 Å². The van der Waals surface area contributed by atoms with E-state index in [-0.39, 0.29) is 17.5 Å². The first kappa shape index (κ1) is 16.7. The van der Waals surface area contributed by atoms with Crippen LogP contribution in [-0.4, -0.2) is 42.9 Å². The van der Waals surface area contributed by atoms with E-state index in [4.69, 9.17) is 5.73 Å². The highest BCUT2D eigenvalue weighted by Gasteiger charge is 2.27. The van der Waals surface area contributed by atoms with Gasteiger partial charge in [-0.1, -0.05) is 15.9 Å². The summed E-state index contributed by atoms with van der Waals surface area (Å²) in [7, 11) is 1.79. The first-order valence-electron chi connectivity index (χ1n) is 7.08. The van der Waals surface area contributed by atoms with Crippen molar-refractivity contribution in [3.8, 4) is 0 Å². The number of rotatable bonds is 3. The third-order valence-corrected chi connectivity index (χ3v) is 4.59. The smallest absolute Gasteiger partial charge is 0.253 e. The van der Waals surface area contributed by atoms with E-state index in [0.717, 1.165) is 12.8 Å². The van der Waals surface area contributed by atoms with Crippen LogP contribution in [0.3, 0.4) is 0 Å². The number of halogens is 2. The molecule has 0 bridgehead atoms. The molecule has 0 atom stereocenters. The normalized spacial score (nSPS) is 15.7. The fourth-order valence-corrected chi connectivity index (χ4v) is 3.22. The van der Waals surface area contributed by atoms with Gasteiger partial charge in [0.1, 0.15) is 5.82 Å². The minimum Gasteiger partial charge on any atom is -0.371 e. The molecule has 0 unspecified atom stereocenters. The average molecular weight is 372 g/mol. The topological polar surface area (TPSA) is 66.6 Å². The van der Waals surface area contributed by atoms with Gasteiger partial charge in [-0.2, -0.15) is 0 Å². The average Bonchev–Trinajstić information content (AvgIpc) is 2.45. The molecule has 1 aliphatic heterocycles.